The van der Waals surface area contributed by atoms with E-state index in [4.69, 9.17) is 9.94 Å². The number of hydrogen-bond donors (Lipinski definition) is 2. The van der Waals surface area contributed by atoms with Crippen LogP contribution in [-0.4, -0.2) is 67.7 Å². The number of piperidine rings is 1. The molecule has 0 spiro atoms. The maximum absolute atomic E-state index is 9.00. The van der Waals surface area contributed by atoms with Gasteiger partial charge in [0, 0.05) is 26.2 Å². The SMILES string of the molecule is OCN1CCN(OCCCC2CCNCC2)CC1. The van der Waals surface area contributed by atoms with Gasteiger partial charge >= 0.3 is 0 Å². The number of nitrogens with zero attached hydrogens (tertiary/aromatic N) is 2. The van der Waals surface area contributed by atoms with E-state index in [1.807, 2.05) is 4.90 Å². The molecular weight excluding hydrogens is 230 g/mol. The lowest BCUT2D eigenvalue weighted by Gasteiger charge is -2.32. The summed E-state index contributed by atoms with van der Waals surface area (Å²) >= 11 is 0. The maximum atomic E-state index is 9.00. The van der Waals surface area contributed by atoms with Crippen molar-refractivity contribution in [1.82, 2.24) is 15.3 Å². The highest BCUT2D eigenvalue weighted by molar-refractivity contribution is 4.68. The zero-order valence-corrected chi connectivity index (χ0v) is 11.3. The summed E-state index contributed by atoms with van der Waals surface area (Å²) in [5.74, 6) is 0.904. The molecule has 0 radical (unpaired) electrons. The molecule has 0 aliphatic carbocycles. The van der Waals surface area contributed by atoms with Gasteiger partial charge in [-0.3, -0.25) is 9.74 Å². The quantitative estimate of drug-likeness (QED) is 0.669. The van der Waals surface area contributed by atoms with Gasteiger partial charge in [-0.25, -0.2) is 0 Å². The van der Waals surface area contributed by atoms with Gasteiger partial charge in [0.25, 0.3) is 0 Å². The molecule has 0 aromatic heterocycles. The Hall–Kier alpha value is -0.200. The summed E-state index contributed by atoms with van der Waals surface area (Å²) in [4.78, 5) is 7.81. The smallest absolute Gasteiger partial charge is 0.0957 e. The predicted octanol–water partition coefficient (Wildman–Crippen LogP) is 0.265. The van der Waals surface area contributed by atoms with Gasteiger partial charge < -0.3 is 10.4 Å². The summed E-state index contributed by atoms with van der Waals surface area (Å²) in [6.45, 7) is 7.04. The Labute approximate surface area is 110 Å². The van der Waals surface area contributed by atoms with Gasteiger partial charge in [0.1, 0.15) is 0 Å². The minimum Gasteiger partial charge on any atom is -0.381 e. The van der Waals surface area contributed by atoms with Gasteiger partial charge in [-0.2, -0.15) is 5.06 Å². The maximum Gasteiger partial charge on any atom is 0.0957 e. The van der Waals surface area contributed by atoms with E-state index in [1.54, 1.807) is 0 Å². The van der Waals surface area contributed by atoms with E-state index in [1.165, 1.54) is 38.8 Å². The molecule has 0 aromatic carbocycles. The van der Waals surface area contributed by atoms with Crippen LogP contribution in [0.25, 0.3) is 0 Å². The zero-order chi connectivity index (χ0) is 12.6. The van der Waals surface area contributed by atoms with Crippen molar-refractivity contribution in [2.75, 3.05) is 52.6 Å². The number of nitrogens with one attached hydrogen (secondary N) is 1. The van der Waals surface area contributed by atoms with Gasteiger partial charge in [0.2, 0.25) is 0 Å². The fraction of sp³-hybridized carbons (Fsp3) is 1.00. The molecule has 2 aliphatic rings. The molecular formula is C13H27N3O2. The van der Waals surface area contributed by atoms with E-state index in [9.17, 15) is 0 Å². The van der Waals surface area contributed by atoms with Gasteiger partial charge in [0.05, 0.1) is 13.3 Å². The lowest BCUT2D eigenvalue weighted by atomic mass is 9.93. The molecule has 0 atom stereocenters. The van der Waals surface area contributed by atoms with Crippen molar-refractivity contribution in [3.63, 3.8) is 0 Å². The van der Waals surface area contributed by atoms with E-state index >= 15 is 0 Å². The van der Waals surface area contributed by atoms with E-state index in [2.05, 4.69) is 10.4 Å². The molecule has 2 saturated heterocycles. The first-order chi connectivity index (χ1) is 8.88. The van der Waals surface area contributed by atoms with Crippen molar-refractivity contribution in [3.8, 4) is 0 Å². The molecule has 2 aliphatic heterocycles. The summed E-state index contributed by atoms with van der Waals surface area (Å²) in [5, 5.41) is 14.4. The molecule has 0 aromatic rings. The Bertz CT molecular complexity index is 214. The van der Waals surface area contributed by atoms with Crippen LogP contribution < -0.4 is 5.32 Å². The molecule has 0 unspecified atom stereocenters. The Balaban J connectivity index is 1.48. The van der Waals surface area contributed by atoms with Crippen LogP contribution >= 0.6 is 0 Å². The first-order valence-corrected chi connectivity index (χ1v) is 7.30. The Morgan fingerprint density at radius 3 is 2.50 bits per heavy atom. The summed E-state index contributed by atoms with van der Waals surface area (Å²) in [6.07, 6.45) is 5.13. The molecule has 5 nitrogen and oxygen atoms in total. The Kier molecular flexibility index (Phi) is 6.37. The summed E-state index contributed by atoms with van der Waals surface area (Å²) in [7, 11) is 0. The molecule has 18 heavy (non-hydrogen) atoms. The number of piperazine rings is 1. The molecule has 0 amide bonds. The standard InChI is InChI=1S/C13H27N3O2/c17-12-15-7-9-16(10-8-15)18-11-1-2-13-3-5-14-6-4-13/h13-14,17H,1-12H2. The third kappa shape index (κ3) is 4.82. The van der Waals surface area contributed by atoms with Crippen molar-refractivity contribution < 1.29 is 9.94 Å². The normalized spacial score (nSPS) is 24.5. The molecule has 2 fully saturated rings. The first-order valence-electron chi connectivity index (χ1n) is 7.30. The number of hydroxylamine groups is 2. The zero-order valence-electron chi connectivity index (χ0n) is 11.3. The largest absolute Gasteiger partial charge is 0.381 e. The third-order valence-corrected chi connectivity index (χ3v) is 4.02. The average Bonchev–Trinajstić information content (AvgIpc) is 2.45. The molecule has 0 bridgehead atoms. The van der Waals surface area contributed by atoms with Gasteiger partial charge in [-0.15, -0.1) is 0 Å². The molecule has 2 N–H and O–H groups in total. The van der Waals surface area contributed by atoms with Gasteiger partial charge in [0.15, 0.2) is 0 Å². The van der Waals surface area contributed by atoms with Crippen LogP contribution in [0.3, 0.4) is 0 Å². The molecule has 2 rings (SSSR count). The van der Waals surface area contributed by atoms with E-state index in [-0.39, 0.29) is 6.73 Å². The van der Waals surface area contributed by atoms with E-state index in [0.717, 1.165) is 38.7 Å². The van der Waals surface area contributed by atoms with Gasteiger partial charge in [-0.1, -0.05) is 0 Å². The van der Waals surface area contributed by atoms with Crippen molar-refractivity contribution in [1.29, 1.82) is 0 Å². The highest BCUT2D eigenvalue weighted by atomic mass is 16.7. The van der Waals surface area contributed by atoms with Crippen LogP contribution in [0.4, 0.5) is 0 Å². The highest BCUT2D eigenvalue weighted by Gasteiger charge is 2.17. The number of aliphatic hydroxyl groups is 1. The van der Waals surface area contributed by atoms with E-state index < -0.39 is 0 Å². The van der Waals surface area contributed by atoms with Crippen LogP contribution in [-0.2, 0) is 4.84 Å². The fourth-order valence-electron chi connectivity index (χ4n) is 2.74. The molecule has 2 heterocycles. The molecule has 5 heteroatoms. The second-order valence-electron chi connectivity index (χ2n) is 5.36. The Morgan fingerprint density at radius 2 is 1.83 bits per heavy atom. The lowest BCUT2D eigenvalue weighted by molar-refractivity contribution is -0.181. The van der Waals surface area contributed by atoms with Crippen LogP contribution in [0.2, 0.25) is 0 Å². The second-order valence-corrected chi connectivity index (χ2v) is 5.36. The topological polar surface area (TPSA) is 48.0 Å². The van der Waals surface area contributed by atoms with Crippen molar-refractivity contribution in [3.05, 3.63) is 0 Å². The monoisotopic (exact) mass is 257 g/mol. The van der Waals surface area contributed by atoms with E-state index in [0.29, 0.717) is 0 Å². The van der Waals surface area contributed by atoms with Crippen molar-refractivity contribution in [2.45, 2.75) is 25.7 Å². The third-order valence-electron chi connectivity index (χ3n) is 4.02. The van der Waals surface area contributed by atoms with Crippen molar-refractivity contribution >= 4 is 0 Å². The molecule has 106 valence electrons. The average molecular weight is 257 g/mol. The van der Waals surface area contributed by atoms with Gasteiger partial charge in [-0.05, 0) is 44.7 Å². The second kappa shape index (κ2) is 8.07. The number of hydrogen-bond acceptors (Lipinski definition) is 5. The van der Waals surface area contributed by atoms with Crippen LogP contribution in [0.1, 0.15) is 25.7 Å². The predicted molar refractivity (Wildman–Crippen MR) is 71.0 cm³/mol. The first kappa shape index (κ1) is 14.2. The highest BCUT2D eigenvalue weighted by Crippen LogP contribution is 2.17. The van der Waals surface area contributed by atoms with Crippen LogP contribution in [0.5, 0.6) is 0 Å². The van der Waals surface area contributed by atoms with Crippen molar-refractivity contribution in [2.24, 2.45) is 5.92 Å². The lowest BCUT2D eigenvalue weighted by Crippen LogP contribution is -2.46. The summed E-state index contributed by atoms with van der Waals surface area (Å²) < 4.78 is 0. The Morgan fingerprint density at radius 1 is 1.11 bits per heavy atom. The van der Waals surface area contributed by atoms with Crippen LogP contribution in [0, 0.1) is 5.92 Å². The number of rotatable bonds is 6. The van der Waals surface area contributed by atoms with Crippen LogP contribution in [0.15, 0.2) is 0 Å². The minimum absolute atomic E-state index is 0.170. The minimum atomic E-state index is 0.170. The summed E-state index contributed by atoms with van der Waals surface area (Å²) in [5.41, 5.74) is 0. The molecule has 0 saturated carbocycles. The number of aliphatic hydroxyl groups excluding tert-OH is 1. The fourth-order valence-corrected chi connectivity index (χ4v) is 2.74. The summed E-state index contributed by atoms with van der Waals surface area (Å²) in [6, 6.07) is 0.